The zero-order chi connectivity index (χ0) is 22.0. The number of anilines is 1. The predicted octanol–water partition coefficient (Wildman–Crippen LogP) is 1.75. The number of nitrogens with zero attached hydrogens (tertiary/aromatic N) is 3. The number of esters is 2. The van der Waals surface area contributed by atoms with Gasteiger partial charge in [0.2, 0.25) is 0 Å². The van der Waals surface area contributed by atoms with Crippen LogP contribution in [0.4, 0.5) is 17.1 Å². The summed E-state index contributed by atoms with van der Waals surface area (Å²) in [4.78, 5) is 55.7. The number of Topliss-reactive ketones (excluding diaryl/α,β-unsaturated/α-hetero) is 1. The Labute approximate surface area is 164 Å². The maximum atomic E-state index is 12.2. The second kappa shape index (κ2) is 11.1. The van der Waals surface area contributed by atoms with Crippen LogP contribution in [0.3, 0.4) is 0 Å². The van der Waals surface area contributed by atoms with Crippen molar-refractivity contribution in [1.29, 1.82) is 0 Å². The van der Waals surface area contributed by atoms with Crippen molar-refractivity contribution in [2.75, 3.05) is 18.6 Å². The highest BCUT2D eigenvalue weighted by atomic mass is 16.6. The molecular formula is C16H18N4O9. The maximum Gasteiger partial charge on any atom is 0.313 e. The lowest BCUT2D eigenvalue weighted by molar-refractivity contribution is -0.393. The molecule has 0 aliphatic rings. The summed E-state index contributed by atoms with van der Waals surface area (Å²) in [6.45, 7) is 3.18. The minimum absolute atomic E-state index is 0.0411. The first-order valence-electron chi connectivity index (χ1n) is 8.29. The van der Waals surface area contributed by atoms with E-state index in [1.807, 2.05) is 0 Å². The second-order valence-electron chi connectivity index (χ2n) is 5.27. The predicted molar refractivity (Wildman–Crippen MR) is 98.3 cm³/mol. The number of ether oxygens (including phenoxy) is 2. The maximum absolute atomic E-state index is 12.2. The molecule has 0 amide bonds. The van der Waals surface area contributed by atoms with Crippen LogP contribution in [0.15, 0.2) is 23.3 Å². The summed E-state index contributed by atoms with van der Waals surface area (Å²) in [5.41, 5.74) is 0.365. The van der Waals surface area contributed by atoms with Gasteiger partial charge in [-0.1, -0.05) is 0 Å². The first-order chi connectivity index (χ1) is 13.7. The second-order valence-corrected chi connectivity index (χ2v) is 5.27. The Balaban J connectivity index is 3.17. The Morgan fingerprint density at radius 1 is 1.00 bits per heavy atom. The molecule has 1 aromatic rings. The normalized spacial score (nSPS) is 10.8. The third-order valence-electron chi connectivity index (χ3n) is 3.25. The fraction of sp³-hybridized carbons (Fsp3) is 0.375. The molecule has 1 rings (SSSR count). The van der Waals surface area contributed by atoms with E-state index in [9.17, 15) is 34.6 Å². The Morgan fingerprint density at radius 3 is 2.10 bits per heavy atom. The third kappa shape index (κ3) is 7.32. The highest BCUT2D eigenvalue weighted by molar-refractivity contribution is 6.44. The van der Waals surface area contributed by atoms with Crippen LogP contribution in [0.1, 0.15) is 26.7 Å². The van der Waals surface area contributed by atoms with E-state index >= 15 is 0 Å². The Kier molecular flexibility index (Phi) is 8.82. The first-order valence-corrected chi connectivity index (χ1v) is 8.29. The number of nitro benzene ring substituents is 2. The number of nitro groups is 2. The van der Waals surface area contributed by atoms with Crippen LogP contribution in [-0.4, -0.2) is 46.5 Å². The molecule has 0 aliphatic heterocycles. The van der Waals surface area contributed by atoms with Crippen molar-refractivity contribution in [2.24, 2.45) is 5.10 Å². The number of non-ortho nitro benzene ring substituents is 1. The standard InChI is InChI=1S/C16H18N4O9/c1-3-28-15(22)8-12(14(21)9-16(23)29-4-2)18-17-11-6-5-10(19(24)25)7-13(11)20(26)27/h5-7,17H,3-4,8-9H2,1-2H3/b18-12-. The van der Waals surface area contributed by atoms with Crippen LogP contribution >= 0.6 is 0 Å². The van der Waals surface area contributed by atoms with Crippen LogP contribution in [-0.2, 0) is 23.9 Å². The lowest BCUT2D eigenvalue weighted by atomic mass is 10.1. The molecule has 0 atom stereocenters. The summed E-state index contributed by atoms with van der Waals surface area (Å²) in [5.74, 6) is -2.49. The molecule has 1 aromatic carbocycles. The molecule has 0 aliphatic carbocycles. The molecule has 0 saturated carbocycles. The molecule has 0 heterocycles. The van der Waals surface area contributed by atoms with Gasteiger partial charge in [0.25, 0.3) is 5.69 Å². The van der Waals surface area contributed by atoms with Crippen LogP contribution in [0, 0.1) is 20.2 Å². The quantitative estimate of drug-likeness (QED) is 0.185. The molecule has 0 aromatic heterocycles. The van der Waals surface area contributed by atoms with E-state index in [1.54, 1.807) is 13.8 Å². The number of ketones is 1. The van der Waals surface area contributed by atoms with Crippen LogP contribution < -0.4 is 5.43 Å². The molecule has 1 N–H and O–H groups in total. The molecular weight excluding hydrogens is 392 g/mol. The number of carbonyl (C=O) groups excluding carboxylic acids is 3. The van der Waals surface area contributed by atoms with E-state index < -0.39 is 57.5 Å². The number of carbonyl (C=O) groups is 3. The van der Waals surface area contributed by atoms with Gasteiger partial charge in [-0.2, -0.15) is 5.10 Å². The minimum Gasteiger partial charge on any atom is -0.466 e. The smallest absolute Gasteiger partial charge is 0.313 e. The fourth-order valence-corrected chi connectivity index (χ4v) is 2.00. The van der Waals surface area contributed by atoms with E-state index in [4.69, 9.17) is 4.74 Å². The molecule has 0 bridgehead atoms. The van der Waals surface area contributed by atoms with Gasteiger partial charge >= 0.3 is 17.6 Å². The van der Waals surface area contributed by atoms with Crippen molar-refractivity contribution in [2.45, 2.75) is 26.7 Å². The Bertz CT molecular complexity index is 851. The summed E-state index contributed by atoms with van der Waals surface area (Å²) in [6.07, 6.45) is -1.30. The number of hydrogen-bond donors (Lipinski definition) is 1. The number of nitrogens with one attached hydrogen (secondary N) is 1. The van der Waals surface area contributed by atoms with Gasteiger partial charge in [0.15, 0.2) is 5.78 Å². The molecule has 0 fully saturated rings. The zero-order valence-electron chi connectivity index (χ0n) is 15.6. The van der Waals surface area contributed by atoms with Crippen LogP contribution in [0.2, 0.25) is 0 Å². The highest BCUT2D eigenvalue weighted by Gasteiger charge is 2.23. The van der Waals surface area contributed by atoms with Crippen molar-refractivity contribution in [3.05, 3.63) is 38.4 Å². The summed E-state index contributed by atoms with van der Waals surface area (Å²) >= 11 is 0. The number of hydrazone groups is 1. The lowest BCUT2D eigenvalue weighted by Gasteiger charge is -2.07. The average molecular weight is 410 g/mol. The van der Waals surface area contributed by atoms with Crippen molar-refractivity contribution >= 4 is 40.5 Å². The molecule has 13 heteroatoms. The van der Waals surface area contributed by atoms with Crippen LogP contribution in [0.5, 0.6) is 0 Å². The van der Waals surface area contributed by atoms with Crippen LogP contribution in [0.25, 0.3) is 0 Å². The average Bonchev–Trinajstić information content (AvgIpc) is 2.64. The summed E-state index contributed by atoms with van der Waals surface area (Å²) < 4.78 is 9.39. The van der Waals surface area contributed by atoms with Crippen molar-refractivity contribution in [3.8, 4) is 0 Å². The topological polar surface area (TPSA) is 180 Å². The Hall–Kier alpha value is -3.90. The van der Waals surface area contributed by atoms with Gasteiger partial charge in [0, 0.05) is 6.07 Å². The molecule has 0 saturated heterocycles. The van der Waals surface area contributed by atoms with Crippen molar-refractivity contribution in [1.82, 2.24) is 0 Å². The number of benzene rings is 1. The van der Waals surface area contributed by atoms with Gasteiger partial charge in [-0.3, -0.25) is 40.0 Å². The highest BCUT2D eigenvalue weighted by Crippen LogP contribution is 2.29. The van der Waals surface area contributed by atoms with Crippen molar-refractivity contribution < 1.29 is 33.7 Å². The summed E-state index contributed by atoms with van der Waals surface area (Å²) in [5, 5.41) is 25.6. The summed E-state index contributed by atoms with van der Waals surface area (Å²) in [6, 6.07) is 2.73. The molecule has 156 valence electrons. The zero-order valence-corrected chi connectivity index (χ0v) is 15.6. The third-order valence-corrected chi connectivity index (χ3v) is 3.25. The largest absolute Gasteiger partial charge is 0.466 e. The Morgan fingerprint density at radius 2 is 1.59 bits per heavy atom. The number of hydrogen-bond acceptors (Lipinski definition) is 11. The van der Waals surface area contributed by atoms with E-state index in [0.29, 0.717) is 6.07 Å². The summed E-state index contributed by atoms with van der Waals surface area (Å²) in [7, 11) is 0. The van der Waals surface area contributed by atoms with E-state index in [2.05, 4.69) is 15.3 Å². The molecule has 0 spiro atoms. The van der Waals surface area contributed by atoms with Gasteiger partial charge in [-0.15, -0.1) is 0 Å². The van der Waals surface area contributed by atoms with E-state index in [0.717, 1.165) is 12.1 Å². The van der Waals surface area contributed by atoms with Gasteiger partial charge in [0.05, 0.1) is 35.5 Å². The van der Waals surface area contributed by atoms with E-state index in [1.165, 1.54) is 0 Å². The molecule has 0 unspecified atom stereocenters. The number of rotatable bonds is 11. The fourth-order valence-electron chi connectivity index (χ4n) is 2.00. The SMILES string of the molecule is CCOC(=O)CC(=O)/C(CC(=O)OCC)=N\Nc1ccc([N+](=O)[O-])cc1[N+](=O)[O-]. The first kappa shape index (κ1) is 23.1. The molecule has 13 nitrogen and oxygen atoms in total. The molecule has 0 radical (unpaired) electrons. The van der Waals surface area contributed by atoms with E-state index in [-0.39, 0.29) is 18.9 Å². The molecule has 29 heavy (non-hydrogen) atoms. The minimum atomic E-state index is -0.879. The van der Waals surface area contributed by atoms with Gasteiger partial charge < -0.3 is 9.47 Å². The van der Waals surface area contributed by atoms with Gasteiger partial charge in [-0.05, 0) is 19.9 Å². The lowest BCUT2D eigenvalue weighted by Crippen LogP contribution is -2.24. The van der Waals surface area contributed by atoms with Gasteiger partial charge in [-0.25, -0.2) is 0 Å². The monoisotopic (exact) mass is 410 g/mol. The van der Waals surface area contributed by atoms with Gasteiger partial charge in [0.1, 0.15) is 17.8 Å². The van der Waals surface area contributed by atoms with Crippen molar-refractivity contribution in [3.63, 3.8) is 0 Å².